The summed E-state index contributed by atoms with van der Waals surface area (Å²) in [6, 6.07) is 7.75. The van der Waals surface area contributed by atoms with Crippen molar-refractivity contribution in [2.24, 2.45) is 5.73 Å². The van der Waals surface area contributed by atoms with E-state index in [1.807, 2.05) is 24.3 Å². The first-order valence-electron chi connectivity index (χ1n) is 4.48. The van der Waals surface area contributed by atoms with Crippen LogP contribution in [0.2, 0.25) is 5.02 Å². The Labute approximate surface area is 83.1 Å². The molecule has 2 rings (SSSR count). The van der Waals surface area contributed by atoms with Gasteiger partial charge in [-0.1, -0.05) is 17.7 Å². The topological polar surface area (TPSA) is 38.0 Å². The zero-order chi connectivity index (χ0) is 9.31. The lowest BCUT2D eigenvalue weighted by molar-refractivity contribution is 0.742. The molecule has 13 heavy (non-hydrogen) atoms. The zero-order valence-electron chi connectivity index (χ0n) is 7.39. The molecule has 1 aromatic rings. The maximum Gasteiger partial charge on any atom is 0.0497 e. The molecule has 1 aliphatic carbocycles. The van der Waals surface area contributed by atoms with E-state index < -0.39 is 0 Å². The molecule has 0 radical (unpaired) electrons. The van der Waals surface area contributed by atoms with Gasteiger partial charge in [-0.15, -0.1) is 0 Å². The molecule has 0 saturated heterocycles. The number of hydrogen-bond acceptors (Lipinski definition) is 2. The highest BCUT2D eigenvalue weighted by atomic mass is 35.5. The number of benzene rings is 1. The van der Waals surface area contributed by atoms with Crippen LogP contribution in [-0.4, -0.2) is 12.1 Å². The third kappa shape index (κ3) is 1.95. The zero-order valence-corrected chi connectivity index (χ0v) is 8.14. The van der Waals surface area contributed by atoms with Crippen LogP contribution in [0, 0.1) is 0 Å². The number of hydrogen-bond donors (Lipinski definition) is 2. The Morgan fingerprint density at radius 3 is 2.77 bits per heavy atom. The van der Waals surface area contributed by atoms with Crippen molar-refractivity contribution in [1.29, 1.82) is 0 Å². The third-order valence-corrected chi connectivity index (χ3v) is 2.71. The molecule has 1 aromatic carbocycles. The summed E-state index contributed by atoms with van der Waals surface area (Å²) >= 11 is 5.87. The van der Waals surface area contributed by atoms with E-state index >= 15 is 0 Å². The van der Waals surface area contributed by atoms with E-state index in [1.54, 1.807) is 0 Å². The molecule has 70 valence electrons. The first kappa shape index (κ1) is 8.85. The molecular weight excluding hydrogens is 184 g/mol. The van der Waals surface area contributed by atoms with E-state index in [1.165, 1.54) is 0 Å². The minimum absolute atomic E-state index is 0.157. The van der Waals surface area contributed by atoms with E-state index in [-0.39, 0.29) is 5.54 Å². The highest BCUT2D eigenvalue weighted by Crippen LogP contribution is 2.38. The summed E-state index contributed by atoms with van der Waals surface area (Å²) in [4.78, 5) is 0. The van der Waals surface area contributed by atoms with E-state index in [9.17, 15) is 0 Å². The summed E-state index contributed by atoms with van der Waals surface area (Å²) in [5, 5.41) is 4.17. The second kappa shape index (κ2) is 3.20. The van der Waals surface area contributed by atoms with Crippen molar-refractivity contribution in [2.75, 3.05) is 11.9 Å². The largest absolute Gasteiger partial charge is 0.378 e. The Morgan fingerprint density at radius 1 is 1.46 bits per heavy atom. The Balaban J connectivity index is 2.09. The van der Waals surface area contributed by atoms with Crippen molar-refractivity contribution in [3.05, 3.63) is 29.3 Å². The Kier molecular flexibility index (Phi) is 2.18. The van der Waals surface area contributed by atoms with Crippen LogP contribution in [0.3, 0.4) is 0 Å². The number of nitrogens with two attached hydrogens (primary N) is 1. The summed E-state index contributed by atoms with van der Waals surface area (Å²) < 4.78 is 0. The van der Waals surface area contributed by atoms with Crippen LogP contribution in [-0.2, 0) is 0 Å². The molecule has 0 amide bonds. The fraction of sp³-hybridized carbons (Fsp3) is 0.400. The van der Waals surface area contributed by atoms with Gasteiger partial charge in [0.25, 0.3) is 0 Å². The lowest BCUT2D eigenvalue weighted by atomic mass is 10.2. The second-order valence-electron chi connectivity index (χ2n) is 3.62. The van der Waals surface area contributed by atoms with Crippen molar-refractivity contribution in [3.8, 4) is 0 Å². The third-order valence-electron chi connectivity index (χ3n) is 2.48. The Hall–Kier alpha value is -0.730. The second-order valence-corrected chi connectivity index (χ2v) is 4.06. The molecule has 3 heteroatoms. The van der Waals surface area contributed by atoms with Crippen LogP contribution in [0.1, 0.15) is 12.8 Å². The Bertz CT molecular complexity index is 308. The molecule has 0 bridgehead atoms. The molecule has 2 nitrogen and oxygen atoms in total. The molecular formula is C10H13ClN2. The van der Waals surface area contributed by atoms with Gasteiger partial charge in [0.05, 0.1) is 0 Å². The normalized spacial score (nSPS) is 18.3. The van der Waals surface area contributed by atoms with Crippen molar-refractivity contribution >= 4 is 17.3 Å². The van der Waals surface area contributed by atoms with Gasteiger partial charge in [0.1, 0.15) is 0 Å². The maximum absolute atomic E-state index is 5.87. The van der Waals surface area contributed by atoms with Crippen LogP contribution >= 0.6 is 11.6 Å². The molecule has 0 aromatic heterocycles. The predicted molar refractivity (Wildman–Crippen MR) is 56.1 cm³/mol. The van der Waals surface area contributed by atoms with Crippen LogP contribution in [0.4, 0.5) is 5.69 Å². The van der Waals surface area contributed by atoms with Gasteiger partial charge in [0.2, 0.25) is 0 Å². The fourth-order valence-corrected chi connectivity index (χ4v) is 1.59. The standard InChI is InChI=1S/C10H13ClN2/c11-8-2-1-3-9(6-8)13-10(7-12)4-5-10/h1-3,6,13H,4-5,7,12H2. The number of rotatable bonds is 3. The van der Waals surface area contributed by atoms with E-state index in [2.05, 4.69) is 5.32 Å². The van der Waals surface area contributed by atoms with Crippen molar-refractivity contribution in [1.82, 2.24) is 0 Å². The monoisotopic (exact) mass is 196 g/mol. The molecule has 0 atom stereocenters. The minimum Gasteiger partial charge on any atom is -0.378 e. The first-order valence-corrected chi connectivity index (χ1v) is 4.86. The number of nitrogens with one attached hydrogen (secondary N) is 1. The highest BCUT2D eigenvalue weighted by Gasteiger charge is 2.40. The summed E-state index contributed by atoms with van der Waals surface area (Å²) in [5.41, 5.74) is 6.88. The van der Waals surface area contributed by atoms with Crippen LogP contribution < -0.4 is 11.1 Å². The van der Waals surface area contributed by atoms with Gasteiger partial charge in [-0.25, -0.2) is 0 Å². The SMILES string of the molecule is NCC1(Nc2cccc(Cl)c2)CC1. The van der Waals surface area contributed by atoms with E-state index in [0.29, 0.717) is 6.54 Å². The summed E-state index contributed by atoms with van der Waals surface area (Å²) in [7, 11) is 0. The minimum atomic E-state index is 0.157. The molecule has 1 aliphatic rings. The average molecular weight is 197 g/mol. The lowest BCUT2D eigenvalue weighted by Gasteiger charge is -2.16. The fourth-order valence-electron chi connectivity index (χ4n) is 1.40. The van der Waals surface area contributed by atoms with Crippen molar-refractivity contribution in [3.63, 3.8) is 0 Å². The number of anilines is 1. The molecule has 1 fully saturated rings. The molecule has 0 unspecified atom stereocenters. The summed E-state index contributed by atoms with van der Waals surface area (Å²) in [6.07, 6.45) is 2.33. The highest BCUT2D eigenvalue weighted by molar-refractivity contribution is 6.30. The van der Waals surface area contributed by atoms with E-state index in [4.69, 9.17) is 17.3 Å². The molecule has 3 N–H and O–H groups in total. The van der Waals surface area contributed by atoms with Gasteiger partial charge in [-0.2, -0.15) is 0 Å². The van der Waals surface area contributed by atoms with Gasteiger partial charge in [-0.05, 0) is 31.0 Å². The predicted octanol–water partition coefficient (Wildman–Crippen LogP) is 2.24. The van der Waals surface area contributed by atoms with Gasteiger partial charge in [-0.3, -0.25) is 0 Å². The van der Waals surface area contributed by atoms with Crippen LogP contribution in [0.5, 0.6) is 0 Å². The van der Waals surface area contributed by atoms with Crippen molar-refractivity contribution < 1.29 is 0 Å². The molecule has 0 aliphatic heterocycles. The van der Waals surface area contributed by atoms with Crippen LogP contribution in [0.15, 0.2) is 24.3 Å². The van der Waals surface area contributed by atoms with E-state index in [0.717, 1.165) is 23.6 Å². The maximum atomic E-state index is 5.87. The van der Waals surface area contributed by atoms with Gasteiger partial charge >= 0.3 is 0 Å². The van der Waals surface area contributed by atoms with Gasteiger partial charge in [0, 0.05) is 22.8 Å². The number of halogens is 1. The Morgan fingerprint density at radius 2 is 2.23 bits per heavy atom. The quantitative estimate of drug-likeness (QED) is 0.778. The van der Waals surface area contributed by atoms with Crippen LogP contribution in [0.25, 0.3) is 0 Å². The smallest absolute Gasteiger partial charge is 0.0497 e. The lowest BCUT2D eigenvalue weighted by Crippen LogP contribution is -2.30. The van der Waals surface area contributed by atoms with Gasteiger partial charge < -0.3 is 11.1 Å². The van der Waals surface area contributed by atoms with Gasteiger partial charge in [0.15, 0.2) is 0 Å². The molecule has 0 spiro atoms. The molecule has 0 heterocycles. The summed E-state index contributed by atoms with van der Waals surface area (Å²) in [6.45, 7) is 0.694. The average Bonchev–Trinajstić information content (AvgIpc) is 2.86. The van der Waals surface area contributed by atoms with Crippen molar-refractivity contribution in [2.45, 2.75) is 18.4 Å². The summed E-state index contributed by atoms with van der Waals surface area (Å²) in [5.74, 6) is 0. The molecule has 1 saturated carbocycles. The first-order chi connectivity index (χ1) is 6.24.